The molecule has 0 bridgehead atoms. The molecule has 0 saturated heterocycles. The lowest BCUT2D eigenvalue weighted by Gasteiger charge is -2.10. The first kappa shape index (κ1) is 12.9. The van der Waals surface area contributed by atoms with Crippen molar-refractivity contribution in [2.45, 2.75) is 12.4 Å². The van der Waals surface area contributed by atoms with E-state index in [1.807, 2.05) is 30.3 Å². The van der Waals surface area contributed by atoms with Gasteiger partial charge in [0.25, 0.3) is 0 Å². The van der Waals surface area contributed by atoms with Crippen LogP contribution < -0.4 is 4.74 Å². The molecular formula is C14H15NO2S. The van der Waals surface area contributed by atoms with E-state index in [0.29, 0.717) is 5.75 Å². The van der Waals surface area contributed by atoms with Gasteiger partial charge in [-0.25, -0.2) is 0 Å². The highest BCUT2D eigenvalue weighted by atomic mass is 32.1. The summed E-state index contributed by atoms with van der Waals surface area (Å²) >= 11 is 4.25. The van der Waals surface area contributed by atoms with Gasteiger partial charge in [0.05, 0.1) is 19.4 Å². The minimum absolute atomic E-state index is 0.0423. The molecule has 0 radical (unpaired) electrons. The molecule has 2 aromatic rings. The van der Waals surface area contributed by atoms with Crippen molar-refractivity contribution in [1.82, 2.24) is 4.98 Å². The van der Waals surface area contributed by atoms with Gasteiger partial charge >= 0.3 is 0 Å². The van der Waals surface area contributed by atoms with E-state index in [9.17, 15) is 5.11 Å². The van der Waals surface area contributed by atoms with Gasteiger partial charge in [-0.2, -0.15) is 12.6 Å². The number of methoxy groups -OCH3 is 1. The molecule has 94 valence electrons. The number of ether oxygens (including phenoxy) is 1. The molecular weight excluding hydrogens is 246 g/mol. The van der Waals surface area contributed by atoms with Crippen molar-refractivity contribution in [3.63, 3.8) is 0 Å². The summed E-state index contributed by atoms with van der Waals surface area (Å²) in [6.07, 6.45) is 1.76. The third-order valence-corrected chi connectivity index (χ3v) is 3.13. The van der Waals surface area contributed by atoms with Gasteiger partial charge in [-0.15, -0.1) is 0 Å². The Bertz CT molecular complexity index is 543. The van der Waals surface area contributed by atoms with Crippen LogP contribution in [0.2, 0.25) is 0 Å². The second-order valence-corrected chi connectivity index (χ2v) is 4.20. The summed E-state index contributed by atoms with van der Waals surface area (Å²) in [7, 11) is 1.61. The SMILES string of the molecule is COc1ccc(-c2cc(CS)ccn2)c(CO)c1. The number of thiol groups is 1. The van der Waals surface area contributed by atoms with Crippen LogP contribution in [-0.2, 0) is 12.4 Å². The van der Waals surface area contributed by atoms with Crippen LogP contribution in [0.3, 0.4) is 0 Å². The van der Waals surface area contributed by atoms with Crippen molar-refractivity contribution in [2.24, 2.45) is 0 Å². The number of nitrogens with zero attached hydrogens (tertiary/aromatic N) is 1. The van der Waals surface area contributed by atoms with Crippen molar-refractivity contribution < 1.29 is 9.84 Å². The summed E-state index contributed by atoms with van der Waals surface area (Å²) in [6.45, 7) is -0.0423. The summed E-state index contributed by atoms with van der Waals surface area (Å²) in [6, 6.07) is 9.51. The lowest BCUT2D eigenvalue weighted by Crippen LogP contribution is -1.94. The van der Waals surface area contributed by atoms with Crippen LogP contribution in [0.5, 0.6) is 5.75 Å². The van der Waals surface area contributed by atoms with E-state index >= 15 is 0 Å². The van der Waals surface area contributed by atoms with Crippen LogP contribution >= 0.6 is 12.6 Å². The maximum absolute atomic E-state index is 9.43. The van der Waals surface area contributed by atoms with E-state index in [0.717, 1.165) is 28.1 Å². The molecule has 0 amide bonds. The second-order valence-electron chi connectivity index (χ2n) is 3.89. The van der Waals surface area contributed by atoms with Gasteiger partial charge in [0.1, 0.15) is 5.75 Å². The van der Waals surface area contributed by atoms with E-state index in [-0.39, 0.29) is 6.61 Å². The molecule has 0 atom stereocenters. The molecule has 1 heterocycles. The predicted octanol–water partition coefficient (Wildman–Crippen LogP) is 2.68. The zero-order valence-electron chi connectivity index (χ0n) is 10.1. The van der Waals surface area contributed by atoms with Gasteiger partial charge < -0.3 is 9.84 Å². The molecule has 0 aliphatic carbocycles. The summed E-state index contributed by atoms with van der Waals surface area (Å²) in [5.74, 6) is 1.40. The molecule has 0 fully saturated rings. The molecule has 0 aliphatic rings. The molecule has 1 N–H and O–H groups in total. The smallest absolute Gasteiger partial charge is 0.119 e. The molecule has 0 saturated carbocycles. The predicted molar refractivity (Wildman–Crippen MR) is 74.8 cm³/mol. The zero-order valence-corrected chi connectivity index (χ0v) is 11.0. The number of benzene rings is 1. The number of hydrogen-bond donors (Lipinski definition) is 2. The van der Waals surface area contributed by atoms with Crippen molar-refractivity contribution >= 4 is 12.6 Å². The fourth-order valence-corrected chi connectivity index (χ4v) is 1.99. The van der Waals surface area contributed by atoms with Gasteiger partial charge in [0.15, 0.2) is 0 Å². The Morgan fingerprint density at radius 1 is 1.28 bits per heavy atom. The number of pyridine rings is 1. The lowest BCUT2D eigenvalue weighted by atomic mass is 10.0. The average Bonchev–Trinajstić information content (AvgIpc) is 2.46. The molecule has 4 heteroatoms. The first-order valence-corrected chi connectivity index (χ1v) is 6.25. The molecule has 0 unspecified atom stereocenters. The third kappa shape index (κ3) is 2.66. The van der Waals surface area contributed by atoms with Crippen LogP contribution in [0.4, 0.5) is 0 Å². The van der Waals surface area contributed by atoms with Crippen LogP contribution in [0.1, 0.15) is 11.1 Å². The molecule has 1 aromatic carbocycles. The first-order chi connectivity index (χ1) is 8.78. The molecule has 18 heavy (non-hydrogen) atoms. The fraction of sp³-hybridized carbons (Fsp3) is 0.214. The molecule has 1 aromatic heterocycles. The highest BCUT2D eigenvalue weighted by Gasteiger charge is 2.07. The maximum Gasteiger partial charge on any atom is 0.119 e. The Balaban J connectivity index is 2.48. The van der Waals surface area contributed by atoms with Gasteiger partial charge in [0.2, 0.25) is 0 Å². The minimum atomic E-state index is -0.0423. The van der Waals surface area contributed by atoms with E-state index < -0.39 is 0 Å². The topological polar surface area (TPSA) is 42.4 Å². The summed E-state index contributed by atoms with van der Waals surface area (Å²) in [5, 5.41) is 9.43. The summed E-state index contributed by atoms with van der Waals surface area (Å²) < 4.78 is 5.15. The third-order valence-electron chi connectivity index (χ3n) is 2.77. The Kier molecular flexibility index (Phi) is 4.23. The largest absolute Gasteiger partial charge is 0.497 e. The molecule has 0 aliphatic heterocycles. The normalized spacial score (nSPS) is 10.4. The Hall–Kier alpha value is -1.52. The number of rotatable bonds is 4. The van der Waals surface area contributed by atoms with Crippen LogP contribution in [0.25, 0.3) is 11.3 Å². The fourth-order valence-electron chi connectivity index (χ4n) is 1.80. The Labute approximate surface area is 112 Å². The maximum atomic E-state index is 9.43. The van der Waals surface area contributed by atoms with Gasteiger partial charge in [-0.1, -0.05) is 0 Å². The second kappa shape index (κ2) is 5.89. The van der Waals surface area contributed by atoms with Crippen LogP contribution in [0.15, 0.2) is 36.5 Å². The summed E-state index contributed by atoms with van der Waals surface area (Å²) in [4.78, 5) is 4.34. The average molecular weight is 261 g/mol. The number of aliphatic hydroxyl groups excluding tert-OH is 1. The quantitative estimate of drug-likeness (QED) is 0.832. The summed E-state index contributed by atoms with van der Waals surface area (Å²) in [5.41, 5.74) is 3.66. The van der Waals surface area contributed by atoms with Crippen LogP contribution in [0, 0.1) is 0 Å². The van der Waals surface area contributed by atoms with Crippen molar-refractivity contribution in [3.05, 3.63) is 47.7 Å². The van der Waals surface area contributed by atoms with Crippen molar-refractivity contribution in [2.75, 3.05) is 7.11 Å². The Morgan fingerprint density at radius 2 is 2.11 bits per heavy atom. The number of hydrogen-bond acceptors (Lipinski definition) is 4. The van der Waals surface area contributed by atoms with Gasteiger partial charge in [0, 0.05) is 17.5 Å². The number of aromatic nitrogens is 1. The minimum Gasteiger partial charge on any atom is -0.497 e. The number of aliphatic hydroxyl groups is 1. The highest BCUT2D eigenvalue weighted by Crippen LogP contribution is 2.26. The molecule has 3 nitrogen and oxygen atoms in total. The monoisotopic (exact) mass is 261 g/mol. The van der Waals surface area contributed by atoms with E-state index in [1.54, 1.807) is 13.3 Å². The Morgan fingerprint density at radius 3 is 2.78 bits per heavy atom. The van der Waals surface area contributed by atoms with Crippen molar-refractivity contribution in [3.8, 4) is 17.0 Å². The zero-order chi connectivity index (χ0) is 13.0. The van der Waals surface area contributed by atoms with Crippen LogP contribution in [-0.4, -0.2) is 17.2 Å². The lowest BCUT2D eigenvalue weighted by molar-refractivity contribution is 0.281. The first-order valence-electron chi connectivity index (χ1n) is 5.62. The van der Waals surface area contributed by atoms with Gasteiger partial charge in [-0.3, -0.25) is 4.98 Å². The van der Waals surface area contributed by atoms with Gasteiger partial charge in [-0.05, 0) is 41.5 Å². The van der Waals surface area contributed by atoms with E-state index in [1.165, 1.54) is 0 Å². The molecule has 2 rings (SSSR count). The standard InChI is InChI=1S/C14H15NO2S/c1-17-12-2-3-13(11(7-12)8-16)14-6-10(9-18)4-5-15-14/h2-7,16,18H,8-9H2,1H3. The van der Waals surface area contributed by atoms with Crippen molar-refractivity contribution in [1.29, 1.82) is 0 Å². The molecule has 0 spiro atoms. The highest BCUT2D eigenvalue weighted by molar-refractivity contribution is 7.79. The van der Waals surface area contributed by atoms with E-state index in [4.69, 9.17) is 4.74 Å². The van der Waals surface area contributed by atoms with E-state index in [2.05, 4.69) is 17.6 Å².